The zero-order chi connectivity index (χ0) is 25.4. The molecule has 0 saturated heterocycles. The topological polar surface area (TPSA) is 20.2 Å². The second-order valence-electron chi connectivity index (χ2n) is 11.6. The van der Waals surface area contributed by atoms with Gasteiger partial charge in [0, 0.05) is 5.56 Å². The first-order valence-corrected chi connectivity index (χ1v) is 15.7. The summed E-state index contributed by atoms with van der Waals surface area (Å²) in [5, 5.41) is 11.6. The van der Waals surface area contributed by atoms with Gasteiger partial charge in [-0.2, -0.15) is 0 Å². The molecule has 0 aliphatic heterocycles. The predicted octanol–water partition coefficient (Wildman–Crippen LogP) is 11.7. The van der Waals surface area contributed by atoms with E-state index in [0.717, 1.165) is 11.1 Å². The summed E-state index contributed by atoms with van der Waals surface area (Å²) in [6, 6.07) is 15.4. The highest BCUT2D eigenvalue weighted by atomic mass is 16.3. The Morgan fingerprint density at radius 3 is 1.47 bits per heavy atom. The Morgan fingerprint density at radius 2 is 1.00 bits per heavy atom. The second-order valence-corrected chi connectivity index (χ2v) is 11.6. The third-order valence-corrected chi connectivity index (χ3v) is 8.37. The van der Waals surface area contributed by atoms with Crippen molar-refractivity contribution < 1.29 is 5.11 Å². The van der Waals surface area contributed by atoms with Crippen LogP contribution in [0.2, 0.25) is 0 Å². The van der Waals surface area contributed by atoms with Gasteiger partial charge in [0.05, 0.1) is 0 Å². The minimum absolute atomic E-state index is 0.505. The number of aromatic hydroxyl groups is 1. The lowest BCUT2D eigenvalue weighted by Crippen LogP contribution is -2.07. The number of hydrogen-bond donors (Lipinski definition) is 1. The molecule has 200 valence electrons. The molecule has 2 fully saturated rings. The molecule has 2 aromatic carbocycles. The zero-order valence-electron chi connectivity index (χ0n) is 23.6. The van der Waals surface area contributed by atoms with Crippen LogP contribution in [0.3, 0.4) is 0 Å². The highest BCUT2D eigenvalue weighted by molar-refractivity contribution is 5.73. The van der Waals surface area contributed by atoms with E-state index in [1.807, 2.05) is 0 Å². The normalized spacial score (nSPS) is 19.6. The summed E-state index contributed by atoms with van der Waals surface area (Å²) in [7, 11) is 0. The molecule has 1 nitrogen and oxygen atoms in total. The molecule has 0 atom stereocenters. The van der Waals surface area contributed by atoms with Gasteiger partial charge in [-0.1, -0.05) is 147 Å². The molecule has 0 aromatic heterocycles. The van der Waals surface area contributed by atoms with Crippen molar-refractivity contribution in [2.45, 2.75) is 148 Å². The van der Waals surface area contributed by atoms with Crippen LogP contribution in [-0.4, -0.2) is 5.11 Å². The van der Waals surface area contributed by atoms with E-state index < -0.39 is 0 Å². The Bertz CT molecular complexity index is 819. The van der Waals surface area contributed by atoms with Gasteiger partial charge in [-0.15, -0.1) is 0 Å². The van der Waals surface area contributed by atoms with Gasteiger partial charge in [-0.3, -0.25) is 0 Å². The zero-order valence-corrected chi connectivity index (χ0v) is 23.6. The number of benzene rings is 2. The van der Waals surface area contributed by atoms with Crippen LogP contribution >= 0.6 is 0 Å². The van der Waals surface area contributed by atoms with E-state index in [9.17, 15) is 5.11 Å². The average Bonchev–Trinajstić information content (AvgIpc) is 2.91. The highest BCUT2D eigenvalue weighted by Crippen LogP contribution is 2.44. The summed E-state index contributed by atoms with van der Waals surface area (Å²) < 4.78 is 0. The average molecular weight is 491 g/mol. The Balaban J connectivity index is 0.00000115. The molecule has 0 amide bonds. The van der Waals surface area contributed by atoms with Crippen molar-refractivity contribution in [2.24, 2.45) is 0 Å². The SMILES string of the molecule is CCC.Oc1c(-c2ccccc2)cc(C2CCCCCCCCC2)cc1C1CCCCCCCCC1. The van der Waals surface area contributed by atoms with Crippen LogP contribution in [-0.2, 0) is 0 Å². The molecule has 0 heterocycles. The van der Waals surface area contributed by atoms with Crippen LogP contribution < -0.4 is 0 Å². The predicted molar refractivity (Wildman–Crippen MR) is 158 cm³/mol. The summed E-state index contributed by atoms with van der Waals surface area (Å²) in [5.74, 6) is 1.71. The molecule has 1 heteroatoms. The van der Waals surface area contributed by atoms with Crippen molar-refractivity contribution in [3.63, 3.8) is 0 Å². The van der Waals surface area contributed by atoms with Gasteiger partial charge in [0.25, 0.3) is 0 Å². The lowest BCUT2D eigenvalue weighted by Gasteiger charge is -2.26. The fourth-order valence-corrected chi connectivity index (χ4v) is 6.33. The third-order valence-electron chi connectivity index (χ3n) is 8.37. The molecule has 2 aliphatic carbocycles. The maximum Gasteiger partial charge on any atom is 0.126 e. The maximum absolute atomic E-state index is 11.6. The Kier molecular flexibility index (Phi) is 13.5. The molecule has 0 radical (unpaired) electrons. The molecule has 0 unspecified atom stereocenters. The van der Waals surface area contributed by atoms with Gasteiger partial charge < -0.3 is 5.11 Å². The van der Waals surface area contributed by atoms with Gasteiger partial charge >= 0.3 is 0 Å². The summed E-state index contributed by atoms with van der Waals surface area (Å²) in [4.78, 5) is 0. The van der Waals surface area contributed by atoms with E-state index in [4.69, 9.17) is 0 Å². The van der Waals surface area contributed by atoms with Crippen molar-refractivity contribution in [1.29, 1.82) is 0 Å². The van der Waals surface area contributed by atoms with Gasteiger partial charge in [-0.25, -0.2) is 0 Å². The fourth-order valence-electron chi connectivity index (χ4n) is 6.33. The fraction of sp³-hybridized carbons (Fsp3) is 0.657. The standard InChI is InChI=1S/C32H46O.C3H8/c33-32-30(27-20-14-9-5-2-6-10-15-21-27)24-29(25-31(32)28-22-16-11-17-23-28)26-18-12-7-3-1-4-8-13-19-26;1-3-2/h11,16-17,22-27,33H,1-10,12-15,18-21H2;3H2,1-2H3. The minimum atomic E-state index is 0.505. The van der Waals surface area contributed by atoms with Crippen LogP contribution in [0, 0.1) is 0 Å². The van der Waals surface area contributed by atoms with E-state index in [1.165, 1.54) is 133 Å². The van der Waals surface area contributed by atoms with Crippen molar-refractivity contribution in [2.75, 3.05) is 0 Å². The van der Waals surface area contributed by atoms with Crippen LogP contribution in [0.1, 0.15) is 159 Å². The lowest BCUT2D eigenvalue weighted by atomic mass is 9.80. The number of rotatable bonds is 3. The van der Waals surface area contributed by atoms with Crippen molar-refractivity contribution in [3.05, 3.63) is 53.6 Å². The molecule has 0 spiro atoms. The Hall–Kier alpha value is -1.76. The van der Waals surface area contributed by atoms with E-state index in [1.54, 1.807) is 0 Å². The third kappa shape index (κ3) is 9.28. The van der Waals surface area contributed by atoms with Crippen molar-refractivity contribution in [3.8, 4) is 16.9 Å². The minimum Gasteiger partial charge on any atom is -0.507 e. The summed E-state index contributed by atoms with van der Waals surface area (Å²) in [6.45, 7) is 4.25. The summed E-state index contributed by atoms with van der Waals surface area (Å²) in [6.07, 6.45) is 25.5. The Morgan fingerprint density at radius 1 is 0.583 bits per heavy atom. The van der Waals surface area contributed by atoms with E-state index >= 15 is 0 Å². The van der Waals surface area contributed by atoms with Gasteiger partial charge in [-0.05, 0) is 60.3 Å². The van der Waals surface area contributed by atoms with Crippen LogP contribution in [0.25, 0.3) is 11.1 Å². The number of hydrogen-bond acceptors (Lipinski definition) is 1. The maximum atomic E-state index is 11.6. The summed E-state index contributed by atoms with van der Waals surface area (Å²) in [5.41, 5.74) is 4.98. The van der Waals surface area contributed by atoms with Gasteiger partial charge in [0.2, 0.25) is 0 Å². The molecule has 1 N–H and O–H groups in total. The number of phenolic OH excluding ortho intramolecular Hbond substituents is 1. The van der Waals surface area contributed by atoms with Gasteiger partial charge in [0.1, 0.15) is 5.75 Å². The smallest absolute Gasteiger partial charge is 0.126 e. The first-order chi connectivity index (χ1) is 17.7. The van der Waals surface area contributed by atoms with Crippen molar-refractivity contribution >= 4 is 0 Å². The van der Waals surface area contributed by atoms with E-state index in [0.29, 0.717) is 17.6 Å². The monoisotopic (exact) mass is 490 g/mol. The molecule has 2 aliphatic rings. The van der Waals surface area contributed by atoms with Gasteiger partial charge in [0.15, 0.2) is 0 Å². The van der Waals surface area contributed by atoms with Crippen LogP contribution in [0.15, 0.2) is 42.5 Å². The summed E-state index contributed by atoms with van der Waals surface area (Å²) >= 11 is 0. The quantitative estimate of drug-likeness (QED) is 0.453. The second kappa shape index (κ2) is 16.9. The first kappa shape index (κ1) is 28.8. The molecule has 4 rings (SSSR count). The highest BCUT2D eigenvalue weighted by Gasteiger charge is 2.23. The molecule has 36 heavy (non-hydrogen) atoms. The molecule has 0 bridgehead atoms. The molecular formula is C35H54O. The largest absolute Gasteiger partial charge is 0.507 e. The number of phenols is 1. The first-order valence-electron chi connectivity index (χ1n) is 15.7. The molecular weight excluding hydrogens is 436 g/mol. The van der Waals surface area contributed by atoms with Crippen LogP contribution in [0.5, 0.6) is 5.75 Å². The Labute approximate surface area is 223 Å². The lowest BCUT2D eigenvalue weighted by molar-refractivity contribution is 0.428. The molecule has 2 aromatic rings. The van der Waals surface area contributed by atoms with Crippen LogP contribution in [0.4, 0.5) is 0 Å². The van der Waals surface area contributed by atoms with E-state index in [-0.39, 0.29) is 0 Å². The molecule has 2 saturated carbocycles. The van der Waals surface area contributed by atoms with E-state index in [2.05, 4.69) is 56.3 Å². The van der Waals surface area contributed by atoms with Crippen molar-refractivity contribution in [1.82, 2.24) is 0 Å².